The van der Waals surface area contributed by atoms with Crippen LogP contribution >= 0.6 is 11.3 Å². The van der Waals surface area contributed by atoms with Crippen molar-refractivity contribution in [3.63, 3.8) is 0 Å². The summed E-state index contributed by atoms with van der Waals surface area (Å²) in [5.74, 6) is 2.13. The van der Waals surface area contributed by atoms with Crippen molar-refractivity contribution in [2.45, 2.75) is 47.1 Å². The van der Waals surface area contributed by atoms with Crippen LogP contribution in [0.5, 0.6) is 11.5 Å². The second kappa shape index (κ2) is 18.6. The Kier molecular flexibility index (Phi) is 14.3. The number of furan rings is 1. The number of hydrogen-bond donors (Lipinski definition) is 3. The van der Waals surface area contributed by atoms with E-state index >= 15 is 0 Å². The fraction of sp³-hybridized carbons (Fsp3) is 0.194. The molecule has 8 nitrogen and oxygen atoms in total. The Hall–Kier alpha value is -4.99. The van der Waals surface area contributed by atoms with Gasteiger partial charge in [-0.05, 0) is 76.2 Å². The molecule has 1 atom stereocenters. The molecule has 0 radical (unpaired) electrons. The summed E-state index contributed by atoms with van der Waals surface area (Å²) in [6, 6.07) is 34.5. The molecule has 0 saturated heterocycles. The van der Waals surface area contributed by atoms with Gasteiger partial charge in [-0.3, -0.25) is 15.0 Å². The number of carbonyl (C=O) groups is 2. The summed E-state index contributed by atoms with van der Waals surface area (Å²) in [4.78, 5) is 25.8. The molecule has 0 bridgehead atoms. The Bertz CT molecular complexity index is 1630. The van der Waals surface area contributed by atoms with Crippen LogP contribution in [0.15, 0.2) is 119 Å². The molecule has 2 heterocycles. The van der Waals surface area contributed by atoms with Gasteiger partial charge in [0, 0.05) is 16.2 Å². The van der Waals surface area contributed by atoms with Crippen molar-refractivity contribution >= 4 is 29.4 Å². The molecule has 0 aliphatic carbocycles. The average Bonchev–Trinajstić information content (AvgIpc) is 3.69. The first-order valence-corrected chi connectivity index (χ1v) is 15.4. The number of hydrazine groups is 1. The van der Waals surface area contributed by atoms with Crippen LogP contribution in [0, 0.1) is 20.8 Å². The van der Waals surface area contributed by atoms with E-state index < -0.39 is 0 Å². The summed E-state index contributed by atoms with van der Waals surface area (Å²) in [5.41, 5.74) is 9.82. The molecule has 0 spiro atoms. The second-order valence-electron chi connectivity index (χ2n) is 9.93. The van der Waals surface area contributed by atoms with Crippen LogP contribution in [-0.2, 0) is 4.79 Å². The van der Waals surface area contributed by atoms with Crippen LogP contribution in [0.4, 0.5) is 0 Å². The Morgan fingerprint density at radius 2 is 1.53 bits per heavy atom. The minimum Gasteiger partial charge on any atom is -0.460 e. The number of nitrogens with one attached hydrogen (secondary N) is 3. The lowest BCUT2D eigenvalue weighted by molar-refractivity contribution is -0.121. The van der Waals surface area contributed by atoms with Crippen molar-refractivity contribution in [1.29, 1.82) is 0 Å². The van der Waals surface area contributed by atoms with Gasteiger partial charge in [-0.25, -0.2) is 10.9 Å². The predicted octanol–water partition coefficient (Wildman–Crippen LogP) is 8.29. The van der Waals surface area contributed by atoms with Gasteiger partial charge in [0.25, 0.3) is 5.91 Å². The molecular weight excluding hydrogens is 584 g/mol. The topological polar surface area (TPSA) is 105 Å². The smallest absolute Gasteiger partial charge is 0.275 e. The zero-order valence-electron chi connectivity index (χ0n) is 26.2. The largest absolute Gasteiger partial charge is 0.460 e. The normalized spacial score (nSPS) is 11.0. The van der Waals surface area contributed by atoms with Gasteiger partial charge in [0.2, 0.25) is 5.91 Å². The molecule has 2 aromatic heterocycles. The molecule has 2 amide bonds. The van der Waals surface area contributed by atoms with Crippen molar-refractivity contribution in [2.24, 2.45) is 5.10 Å². The third-order valence-corrected chi connectivity index (χ3v) is 7.28. The number of amides is 2. The van der Waals surface area contributed by atoms with Crippen molar-refractivity contribution in [3.05, 3.63) is 142 Å². The predicted molar refractivity (Wildman–Crippen MR) is 182 cm³/mol. The highest BCUT2D eigenvalue weighted by atomic mass is 32.1. The minimum atomic E-state index is -0.360. The summed E-state index contributed by atoms with van der Waals surface area (Å²) in [5, 5.41) is 3.91. The van der Waals surface area contributed by atoms with Gasteiger partial charge in [-0.15, -0.1) is 11.3 Å². The first-order valence-electron chi connectivity index (χ1n) is 14.6. The van der Waals surface area contributed by atoms with E-state index in [1.54, 1.807) is 35.6 Å². The number of hydrazone groups is 1. The van der Waals surface area contributed by atoms with Crippen LogP contribution < -0.4 is 21.0 Å². The standard InChI is InChI=1S/C19H16N2O3.C10H16N2OS.C7H8/c1-14-11-12-16(23-14)13-20-21-19(22)17-9-5-6-10-18(17)24-15-7-3-2-4-8-15;1-4-10(13)12-11-8(3)9-6-5-7(2)14-9;1-7-5-3-2-4-6-7/h2-13H,1H3,(H,21,22);5-6,8,11H,4H2,1-3H3,(H,12,13);2-6H,1H3/b20-13+;;. The second-order valence-corrected chi connectivity index (χ2v) is 11.2. The van der Waals surface area contributed by atoms with E-state index in [9.17, 15) is 9.59 Å². The number of benzene rings is 3. The SMILES string of the molecule is CCC(=O)NNC(C)c1ccc(C)s1.Cc1ccc(/C=N/NC(=O)c2ccccc2Oc2ccccc2)o1.Cc1ccccc1. The third kappa shape index (κ3) is 12.6. The number of aryl methyl sites for hydroxylation is 3. The molecule has 0 aliphatic heterocycles. The third-order valence-electron chi connectivity index (χ3n) is 6.10. The zero-order chi connectivity index (χ0) is 32.4. The first kappa shape index (κ1) is 34.5. The number of rotatable bonds is 9. The summed E-state index contributed by atoms with van der Waals surface area (Å²) in [7, 11) is 0. The molecule has 0 saturated carbocycles. The molecule has 5 aromatic rings. The number of ether oxygens (including phenoxy) is 1. The zero-order valence-corrected chi connectivity index (χ0v) is 27.1. The molecule has 0 aliphatic rings. The fourth-order valence-electron chi connectivity index (χ4n) is 3.67. The van der Waals surface area contributed by atoms with E-state index in [0.717, 1.165) is 5.76 Å². The monoisotopic (exact) mass is 624 g/mol. The maximum Gasteiger partial charge on any atom is 0.275 e. The van der Waals surface area contributed by atoms with E-state index in [-0.39, 0.29) is 17.9 Å². The van der Waals surface area contributed by atoms with Gasteiger partial charge in [-0.1, -0.05) is 73.2 Å². The lowest BCUT2D eigenvalue weighted by atomic mass is 10.2. The molecule has 1 unspecified atom stereocenters. The highest BCUT2D eigenvalue weighted by Gasteiger charge is 2.12. The fourth-order valence-corrected chi connectivity index (χ4v) is 4.54. The molecule has 9 heteroatoms. The lowest BCUT2D eigenvalue weighted by Crippen LogP contribution is -2.38. The number of thiophene rings is 1. The lowest BCUT2D eigenvalue weighted by Gasteiger charge is -2.12. The molecule has 45 heavy (non-hydrogen) atoms. The van der Waals surface area contributed by atoms with E-state index in [1.165, 1.54) is 21.5 Å². The van der Waals surface area contributed by atoms with Crippen molar-refractivity contribution in [2.75, 3.05) is 0 Å². The number of nitrogens with zero attached hydrogens (tertiary/aromatic N) is 1. The van der Waals surface area contributed by atoms with Crippen LogP contribution in [0.2, 0.25) is 0 Å². The van der Waals surface area contributed by atoms with Gasteiger partial charge in [0.1, 0.15) is 23.0 Å². The molecule has 0 fully saturated rings. The summed E-state index contributed by atoms with van der Waals surface area (Å²) in [6.07, 6.45) is 1.95. The number of carbonyl (C=O) groups excluding carboxylic acids is 2. The maximum atomic E-state index is 12.3. The van der Waals surface area contributed by atoms with E-state index in [4.69, 9.17) is 9.15 Å². The molecular formula is C36H40N4O4S. The minimum absolute atomic E-state index is 0.0186. The number of para-hydroxylation sites is 2. The molecule has 5 rings (SSSR count). The van der Waals surface area contributed by atoms with Crippen molar-refractivity contribution in [3.8, 4) is 11.5 Å². The van der Waals surface area contributed by atoms with E-state index in [2.05, 4.69) is 59.5 Å². The van der Waals surface area contributed by atoms with Gasteiger partial charge in [-0.2, -0.15) is 5.10 Å². The Morgan fingerprint density at radius 3 is 2.11 bits per heavy atom. The van der Waals surface area contributed by atoms with Crippen molar-refractivity contribution in [1.82, 2.24) is 16.3 Å². The van der Waals surface area contributed by atoms with Crippen molar-refractivity contribution < 1.29 is 18.7 Å². The first-order chi connectivity index (χ1) is 21.7. The number of hydrogen-bond acceptors (Lipinski definition) is 7. The van der Waals surface area contributed by atoms with Gasteiger partial charge in [0.15, 0.2) is 0 Å². The highest BCUT2D eigenvalue weighted by Crippen LogP contribution is 2.25. The quantitative estimate of drug-likeness (QED) is 0.113. The van der Waals surface area contributed by atoms with E-state index in [0.29, 0.717) is 29.2 Å². The maximum absolute atomic E-state index is 12.3. The highest BCUT2D eigenvalue weighted by molar-refractivity contribution is 7.12. The molecule has 3 aromatic carbocycles. The Labute approximate surface area is 269 Å². The average molecular weight is 625 g/mol. The van der Waals surface area contributed by atoms with Crippen LogP contribution in [-0.4, -0.2) is 18.0 Å². The van der Waals surface area contributed by atoms with Gasteiger partial charge < -0.3 is 9.15 Å². The van der Waals surface area contributed by atoms with Crippen LogP contribution in [0.3, 0.4) is 0 Å². The Morgan fingerprint density at radius 1 is 0.867 bits per heavy atom. The summed E-state index contributed by atoms with van der Waals surface area (Å²) < 4.78 is 11.1. The molecule has 3 N–H and O–H groups in total. The summed E-state index contributed by atoms with van der Waals surface area (Å²) >= 11 is 1.74. The van der Waals surface area contributed by atoms with Gasteiger partial charge >= 0.3 is 0 Å². The Balaban J connectivity index is 0.000000220. The van der Waals surface area contributed by atoms with Gasteiger partial charge in [0.05, 0.1) is 17.8 Å². The van der Waals surface area contributed by atoms with Crippen LogP contribution in [0.25, 0.3) is 0 Å². The summed E-state index contributed by atoms with van der Waals surface area (Å²) in [6.45, 7) is 9.86. The van der Waals surface area contributed by atoms with E-state index in [1.807, 2.05) is 81.4 Å². The van der Waals surface area contributed by atoms with Crippen LogP contribution in [0.1, 0.15) is 63.5 Å². The molecule has 234 valence electrons.